The molecule has 0 unspecified atom stereocenters. The molecular formula is C18H25N3O2. The van der Waals surface area contributed by atoms with Crippen molar-refractivity contribution in [2.75, 3.05) is 24.3 Å². The van der Waals surface area contributed by atoms with E-state index in [1.807, 2.05) is 44.3 Å². The summed E-state index contributed by atoms with van der Waals surface area (Å²) in [6.45, 7) is 7.17. The van der Waals surface area contributed by atoms with Crippen LogP contribution in [-0.2, 0) is 11.8 Å². The van der Waals surface area contributed by atoms with E-state index in [2.05, 4.69) is 12.2 Å². The molecule has 3 N–H and O–H groups in total. The van der Waals surface area contributed by atoms with Gasteiger partial charge in [0.2, 0.25) is 0 Å². The first-order valence-corrected chi connectivity index (χ1v) is 7.83. The number of nitrogens with zero attached hydrogens (tertiary/aromatic N) is 1. The number of hydrogen-bond acceptors (Lipinski definition) is 4. The molecule has 0 saturated carbocycles. The molecule has 1 atom stereocenters. The summed E-state index contributed by atoms with van der Waals surface area (Å²) >= 11 is 0. The van der Waals surface area contributed by atoms with Crippen LogP contribution < -0.4 is 16.6 Å². The molecule has 1 heterocycles. The van der Waals surface area contributed by atoms with Gasteiger partial charge in [-0.2, -0.15) is 0 Å². The number of ether oxygens (including phenoxy) is 1. The Morgan fingerprint density at radius 1 is 1.30 bits per heavy atom. The summed E-state index contributed by atoms with van der Waals surface area (Å²) in [6.07, 6.45) is 1.84. The number of aryl methyl sites for hydroxylation is 2. The van der Waals surface area contributed by atoms with E-state index >= 15 is 0 Å². The summed E-state index contributed by atoms with van der Waals surface area (Å²) in [5.74, 6) is 0. The molecule has 2 rings (SSSR count). The van der Waals surface area contributed by atoms with E-state index in [-0.39, 0.29) is 11.6 Å². The Morgan fingerprint density at radius 2 is 2.04 bits per heavy atom. The third-order valence-corrected chi connectivity index (χ3v) is 3.72. The Morgan fingerprint density at radius 3 is 2.70 bits per heavy atom. The second-order valence-corrected chi connectivity index (χ2v) is 5.83. The second kappa shape index (κ2) is 7.33. The molecule has 0 spiro atoms. The van der Waals surface area contributed by atoms with Crippen LogP contribution in [0.1, 0.15) is 19.4 Å². The van der Waals surface area contributed by atoms with Crippen LogP contribution in [0.25, 0.3) is 11.1 Å². The molecule has 0 amide bonds. The number of benzene rings is 1. The van der Waals surface area contributed by atoms with Gasteiger partial charge < -0.3 is 20.4 Å². The van der Waals surface area contributed by atoms with Crippen molar-refractivity contribution in [3.05, 3.63) is 46.4 Å². The highest BCUT2D eigenvalue weighted by atomic mass is 16.5. The Labute approximate surface area is 137 Å². The standard InChI is InChI=1S/C18H25N3O2/c1-5-23-11-13(3)20-17-9-14(6-7-16(17)19)15-8-12(2)18(22)21(4)10-15/h6-10,13,20H,5,11,19H2,1-4H3/t13-/m0/s1. The fraction of sp³-hybridized carbons (Fsp3) is 0.389. The van der Waals surface area contributed by atoms with Crippen LogP contribution in [0.3, 0.4) is 0 Å². The highest BCUT2D eigenvalue weighted by Crippen LogP contribution is 2.27. The normalized spacial score (nSPS) is 12.2. The Kier molecular flexibility index (Phi) is 5.45. The van der Waals surface area contributed by atoms with Crippen LogP contribution in [0.4, 0.5) is 11.4 Å². The highest BCUT2D eigenvalue weighted by Gasteiger charge is 2.09. The molecule has 0 aliphatic heterocycles. The first-order chi connectivity index (χ1) is 10.9. The van der Waals surface area contributed by atoms with Crippen molar-refractivity contribution >= 4 is 11.4 Å². The van der Waals surface area contributed by atoms with Gasteiger partial charge in [-0.3, -0.25) is 4.79 Å². The van der Waals surface area contributed by atoms with Crippen molar-refractivity contribution in [3.63, 3.8) is 0 Å². The van der Waals surface area contributed by atoms with Crippen LogP contribution in [0.2, 0.25) is 0 Å². The van der Waals surface area contributed by atoms with E-state index in [9.17, 15) is 4.79 Å². The van der Waals surface area contributed by atoms with Gasteiger partial charge >= 0.3 is 0 Å². The molecular weight excluding hydrogens is 290 g/mol. The Balaban J connectivity index is 2.31. The molecule has 5 heteroatoms. The summed E-state index contributed by atoms with van der Waals surface area (Å²) in [4.78, 5) is 11.8. The van der Waals surface area contributed by atoms with Gasteiger partial charge in [0, 0.05) is 31.5 Å². The maximum absolute atomic E-state index is 11.8. The number of nitrogens with two attached hydrogens (primary N) is 1. The average Bonchev–Trinajstić information content (AvgIpc) is 2.52. The van der Waals surface area contributed by atoms with Crippen molar-refractivity contribution in [1.29, 1.82) is 0 Å². The number of rotatable bonds is 6. The van der Waals surface area contributed by atoms with Crippen LogP contribution in [0.15, 0.2) is 35.3 Å². The number of hydrogen-bond donors (Lipinski definition) is 2. The summed E-state index contributed by atoms with van der Waals surface area (Å²) < 4.78 is 7.03. The Bertz CT molecular complexity index is 711. The fourth-order valence-corrected chi connectivity index (χ4v) is 2.50. The third-order valence-electron chi connectivity index (χ3n) is 3.72. The lowest BCUT2D eigenvalue weighted by Crippen LogP contribution is -2.22. The SMILES string of the molecule is CCOC[C@H](C)Nc1cc(-c2cc(C)c(=O)n(C)c2)ccc1N. The van der Waals surface area contributed by atoms with Crippen molar-refractivity contribution < 1.29 is 4.74 Å². The van der Waals surface area contributed by atoms with Crippen LogP contribution in [-0.4, -0.2) is 23.8 Å². The van der Waals surface area contributed by atoms with Gasteiger partial charge in [0.25, 0.3) is 5.56 Å². The largest absolute Gasteiger partial charge is 0.397 e. The highest BCUT2D eigenvalue weighted by molar-refractivity contribution is 5.76. The van der Waals surface area contributed by atoms with E-state index < -0.39 is 0 Å². The lowest BCUT2D eigenvalue weighted by Gasteiger charge is -2.18. The van der Waals surface area contributed by atoms with Crippen molar-refractivity contribution in [2.45, 2.75) is 26.8 Å². The van der Waals surface area contributed by atoms with Gasteiger partial charge in [-0.15, -0.1) is 0 Å². The molecule has 1 aromatic heterocycles. The smallest absolute Gasteiger partial charge is 0.253 e. The van der Waals surface area contributed by atoms with Crippen LogP contribution in [0, 0.1) is 6.92 Å². The first kappa shape index (κ1) is 17.1. The second-order valence-electron chi connectivity index (χ2n) is 5.83. The molecule has 2 aromatic rings. The van der Waals surface area contributed by atoms with E-state index in [4.69, 9.17) is 10.5 Å². The Hall–Kier alpha value is -2.27. The monoisotopic (exact) mass is 315 g/mol. The molecule has 23 heavy (non-hydrogen) atoms. The first-order valence-electron chi connectivity index (χ1n) is 7.83. The number of pyridine rings is 1. The molecule has 0 saturated heterocycles. The predicted molar refractivity (Wildman–Crippen MR) is 95.8 cm³/mol. The molecule has 0 radical (unpaired) electrons. The summed E-state index contributed by atoms with van der Waals surface area (Å²) in [5.41, 5.74) is 10.4. The predicted octanol–water partition coefficient (Wildman–Crippen LogP) is 2.78. The zero-order valence-electron chi connectivity index (χ0n) is 14.2. The van der Waals surface area contributed by atoms with Crippen LogP contribution >= 0.6 is 0 Å². The van der Waals surface area contributed by atoms with Gasteiger partial charge in [-0.1, -0.05) is 6.07 Å². The zero-order valence-corrected chi connectivity index (χ0v) is 14.2. The molecule has 5 nitrogen and oxygen atoms in total. The zero-order chi connectivity index (χ0) is 17.0. The van der Waals surface area contributed by atoms with Gasteiger partial charge in [-0.25, -0.2) is 0 Å². The number of aromatic nitrogens is 1. The van der Waals surface area contributed by atoms with Crippen molar-refractivity contribution in [2.24, 2.45) is 7.05 Å². The summed E-state index contributed by atoms with van der Waals surface area (Å²) in [7, 11) is 1.76. The number of anilines is 2. The van der Waals surface area contributed by atoms with Gasteiger partial charge in [0.05, 0.1) is 18.0 Å². The number of nitrogen functional groups attached to an aromatic ring is 1. The lowest BCUT2D eigenvalue weighted by molar-refractivity contribution is 0.141. The fourth-order valence-electron chi connectivity index (χ4n) is 2.50. The van der Waals surface area contributed by atoms with Gasteiger partial charge in [0.1, 0.15) is 0 Å². The van der Waals surface area contributed by atoms with E-state index in [1.165, 1.54) is 0 Å². The quantitative estimate of drug-likeness (QED) is 0.804. The van der Waals surface area contributed by atoms with Crippen LogP contribution in [0.5, 0.6) is 0 Å². The average molecular weight is 315 g/mol. The third kappa shape index (κ3) is 4.13. The maximum atomic E-state index is 11.8. The van der Waals surface area contributed by atoms with E-state index in [0.717, 1.165) is 22.4 Å². The lowest BCUT2D eigenvalue weighted by atomic mass is 10.0. The minimum atomic E-state index is 0.0212. The molecule has 1 aromatic carbocycles. The van der Waals surface area contributed by atoms with E-state index in [0.29, 0.717) is 18.9 Å². The molecule has 0 aliphatic rings. The van der Waals surface area contributed by atoms with Gasteiger partial charge in [0.15, 0.2) is 0 Å². The molecule has 0 aliphatic carbocycles. The minimum Gasteiger partial charge on any atom is -0.397 e. The summed E-state index contributed by atoms with van der Waals surface area (Å²) in [6, 6.07) is 7.92. The molecule has 0 bridgehead atoms. The van der Waals surface area contributed by atoms with Crippen molar-refractivity contribution in [3.8, 4) is 11.1 Å². The molecule has 0 fully saturated rings. The topological polar surface area (TPSA) is 69.3 Å². The van der Waals surface area contributed by atoms with Gasteiger partial charge in [-0.05, 0) is 50.1 Å². The van der Waals surface area contributed by atoms with E-state index in [1.54, 1.807) is 11.6 Å². The maximum Gasteiger partial charge on any atom is 0.253 e. The summed E-state index contributed by atoms with van der Waals surface area (Å²) in [5, 5.41) is 3.38. The minimum absolute atomic E-state index is 0.0212. The molecule has 124 valence electrons. The number of nitrogens with one attached hydrogen (secondary N) is 1. The van der Waals surface area contributed by atoms with Crippen molar-refractivity contribution in [1.82, 2.24) is 4.57 Å².